The van der Waals surface area contributed by atoms with Gasteiger partial charge in [-0.3, -0.25) is 4.79 Å². The van der Waals surface area contributed by atoms with Crippen LogP contribution in [0.15, 0.2) is 41.8 Å². The molecule has 5 rings (SSSR count). The van der Waals surface area contributed by atoms with Gasteiger partial charge in [0.25, 0.3) is 5.91 Å². The van der Waals surface area contributed by atoms with Crippen molar-refractivity contribution in [3.63, 3.8) is 0 Å². The number of fused-ring (bicyclic) bond motifs is 1. The number of amides is 1. The fourth-order valence-electron chi connectivity index (χ4n) is 3.62. The molecule has 0 fully saturated rings. The van der Waals surface area contributed by atoms with E-state index in [-0.39, 0.29) is 11.9 Å². The monoisotopic (exact) mass is 422 g/mol. The minimum atomic E-state index is 0.0112. The van der Waals surface area contributed by atoms with Gasteiger partial charge in [-0.05, 0) is 54.5 Å². The highest BCUT2D eigenvalue weighted by Gasteiger charge is 2.31. The van der Waals surface area contributed by atoms with Crippen LogP contribution in [0.5, 0.6) is 0 Å². The van der Waals surface area contributed by atoms with Crippen LogP contribution in [0.3, 0.4) is 0 Å². The lowest BCUT2D eigenvalue weighted by molar-refractivity contribution is 0.0682. The molecule has 0 bridgehead atoms. The number of hydrogen-bond acceptors (Lipinski definition) is 7. The molecule has 1 aliphatic heterocycles. The summed E-state index contributed by atoms with van der Waals surface area (Å²) in [6.45, 7) is 4.96. The van der Waals surface area contributed by atoms with Gasteiger partial charge in [-0.2, -0.15) is 4.37 Å². The molecule has 0 aliphatic carbocycles. The lowest BCUT2D eigenvalue weighted by Crippen LogP contribution is -2.40. The summed E-state index contributed by atoms with van der Waals surface area (Å²) < 4.78 is 6.31. The number of carbonyl (C=O) groups is 1. The number of aromatic nitrogens is 5. The first-order chi connectivity index (χ1) is 14.1. The summed E-state index contributed by atoms with van der Waals surface area (Å²) >= 11 is 3.01. The second kappa shape index (κ2) is 7.16. The fourth-order valence-corrected chi connectivity index (χ4v) is 5.01. The minimum Gasteiger partial charge on any atom is -0.329 e. The van der Waals surface area contributed by atoms with Crippen molar-refractivity contribution in [3.8, 4) is 21.3 Å². The number of hydrogen-bond donors (Lipinski definition) is 0. The standard InChI is InChI=1S/C20H18N6OS2/c1-12-10-25(11-17-22-23-18(26(12)17)19-21-13(2)24-29-19)20(27)15-7-5-14(6-8-15)16-4-3-9-28-16/h3-9,12H,10-11H2,1-2H3. The van der Waals surface area contributed by atoms with Crippen LogP contribution in [0.1, 0.15) is 35.0 Å². The van der Waals surface area contributed by atoms with E-state index < -0.39 is 0 Å². The molecule has 1 unspecified atom stereocenters. The van der Waals surface area contributed by atoms with Gasteiger partial charge in [0.05, 0.1) is 12.6 Å². The number of benzene rings is 1. The highest BCUT2D eigenvalue weighted by atomic mass is 32.1. The predicted octanol–water partition coefficient (Wildman–Crippen LogP) is 4.05. The maximum Gasteiger partial charge on any atom is 0.254 e. The summed E-state index contributed by atoms with van der Waals surface area (Å²) in [6, 6.07) is 12.0. The molecule has 0 spiro atoms. The lowest BCUT2D eigenvalue weighted by atomic mass is 10.1. The molecule has 1 aliphatic rings. The number of nitrogens with zero attached hydrogens (tertiary/aromatic N) is 6. The molecule has 146 valence electrons. The van der Waals surface area contributed by atoms with Crippen LogP contribution in [0.25, 0.3) is 21.3 Å². The normalized spacial score (nSPS) is 16.1. The van der Waals surface area contributed by atoms with E-state index in [1.807, 2.05) is 42.2 Å². The van der Waals surface area contributed by atoms with E-state index in [1.54, 1.807) is 11.3 Å². The second-order valence-electron chi connectivity index (χ2n) is 7.05. The SMILES string of the molecule is Cc1nsc(-c2nnc3n2C(C)CN(C(=O)c2ccc(-c4cccs4)cc2)C3)n1. The highest BCUT2D eigenvalue weighted by Crippen LogP contribution is 2.30. The molecule has 0 saturated heterocycles. The average molecular weight is 423 g/mol. The van der Waals surface area contributed by atoms with Gasteiger partial charge < -0.3 is 9.47 Å². The van der Waals surface area contributed by atoms with Crippen LogP contribution < -0.4 is 0 Å². The van der Waals surface area contributed by atoms with Crippen LogP contribution in [0.4, 0.5) is 0 Å². The Labute approximate surface area is 175 Å². The number of carbonyl (C=O) groups excluding carboxylic acids is 1. The van der Waals surface area contributed by atoms with Gasteiger partial charge in [-0.1, -0.05) is 18.2 Å². The van der Waals surface area contributed by atoms with Crippen LogP contribution in [0, 0.1) is 6.92 Å². The zero-order chi connectivity index (χ0) is 20.0. The summed E-state index contributed by atoms with van der Waals surface area (Å²) in [5, 5.41) is 11.5. The average Bonchev–Trinajstić information content (AvgIpc) is 3.48. The molecule has 0 radical (unpaired) electrons. The van der Waals surface area contributed by atoms with Crippen molar-refractivity contribution in [1.29, 1.82) is 0 Å². The van der Waals surface area contributed by atoms with Crippen molar-refractivity contribution in [3.05, 3.63) is 59.0 Å². The van der Waals surface area contributed by atoms with E-state index in [9.17, 15) is 4.79 Å². The molecular weight excluding hydrogens is 404 g/mol. The van der Waals surface area contributed by atoms with E-state index in [4.69, 9.17) is 0 Å². The Morgan fingerprint density at radius 1 is 1.17 bits per heavy atom. The third-order valence-electron chi connectivity index (χ3n) is 4.97. The summed E-state index contributed by atoms with van der Waals surface area (Å²) in [4.78, 5) is 20.5. The molecule has 0 N–H and O–H groups in total. The first-order valence-corrected chi connectivity index (χ1v) is 10.9. The number of rotatable bonds is 3. The van der Waals surface area contributed by atoms with Crippen LogP contribution in [-0.2, 0) is 6.54 Å². The minimum absolute atomic E-state index is 0.0112. The van der Waals surface area contributed by atoms with E-state index >= 15 is 0 Å². The van der Waals surface area contributed by atoms with Crippen LogP contribution in [0.2, 0.25) is 0 Å². The maximum atomic E-state index is 13.1. The lowest BCUT2D eigenvalue weighted by Gasteiger charge is -2.32. The third kappa shape index (κ3) is 3.26. The van der Waals surface area contributed by atoms with Crippen molar-refractivity contribution in [2.24, 2.45) is 0 Å². The highest BCUT2D eigenvalue weighted by molar-refractivity contribution is 7.13. The molecule has 9 heteroatoms. The van der Waals surface area contributed by atoms with Gasteiger partial charge in [0.1, 0.15) is 5.82 Å². The molecule has 1 amide bonds. The van der Waals surface area contributed by atoms with Gasteiger partial charge in [0.15, 0.2) is 16.7 Å². The number of thiophene rings is 1. The van der Waals surface area contributed by atoms with Crippen molar-refractivity contribution in [2.45, 2.75) is 26.4 Å². The van der Waals surface area contributed by atoms with Crippen molar-refractivity contribution >= 4 is 28.8 Å². The number of aryl methyl sites for hydroxylation is 1. The van der Waals surface area contributed by atoms with Crippen LogP contribution >= 0.6 is 22.9 Å². The zero-order valence-electron chi connectivity index (χ0n) is 15.9. The van der Waals surface area contributed by atoms with Crippen molar-refractivity contribution in [2.75, 3.05) is 6.54 Å². The summed E-state index contributed by atoms with van der Waals surface area (Å²) in [5.74, 6) is 2.24. The second-order valence-corrected chi connectivity index (χ2v) is 8.75. The summed E-state index contributed by atoms with van der Waals surface area (Å²) in [7, 11) is 0. The van der Waals surface area contributed by atoms with Gasteiger partial charge in [0, 0.05) is 17.0 Å². The molecule has 29 heavy (non-hydrogen) atoms. The quantitative estimate of drug-likeness (QED) is 0.498. The Morgan fingerprint density at radius 2 is 2.00 bits per heavy atom. The van der Waals surface area contributed by atoms with Gasteiger partial charge in [-0.15, -0.1) is 21.5 Å². The zero-order valence-corrected chi connectivity index (χ0v) is 17.6. The maximum absolute atomic E-state index is 13.1. The Bertz CT molecular complexity index is 1160. The smallest absolute Gasteiger partial charge is 0.254 e. The molecule has 1 aromatic carbocycles. The third-order valence-corrected chi connectivity index (χ3v) is 6.69. The molecule has 3 aromatic heterocycles. The Morgan fingerprint density at radius 3 is 2.69 bits per heavy atom. The van der Waals surface area contributed by atoms with Gasteiger partial charge in [0.2, 0.25) is 0 Å². The van der Waals surface area contributed by atoms with E-state index in [1.165, 1.54) is 16.4 Å². The molecular formula is C20H18N6OS2. The molecule has 7 nitrogen and oxygen atoms in total. The van der Waals surface area contributed by atoms with Gasteiger partial charge in [-0.25, -0.2) is 4.98 Å². The topological polar surface area (TPSA) is 76.8 Å². The van der Waals surface area contributed by atoms with E-state index in [0.29, 0.717) is 18.7 Å². The first kappa shape index (κ1) is 18.1. The Hall–Kier alpha value is -2.91. The Balaban J connectivity index is 1.38. The largest absolute Gasteiger partial charge is 0.329 e. The Kier molecular flexibility index (Phi) is 4.48. The molecule has 0 saturated carbocycles. The summed E-state index contributed by atoms with van der Waals surface area (Å²) in [6.07, 6.45) is 0. The first-order valence-electron chi connectivity index (χ1n) is 9.28. The molecule has 4 heterocycles. The molecule has 4 aromatic rings. The summed E-state index contributed by atoms with van der Waals surface area (Å²) in [5.41, 5.74) is 1.81. The molecule has 1 atom stereocenters. The van der Waals surface area contributed by atoms with Crippen molar-refractivity contribution in [1.82, 2.24) is 29.0 Å². The van der Waals surface area contributed by atoms with E-state index in [2.05, 4.69) is 42.5 Å². The van der Waals surface area contributed by atoms with E-state index in [0.717, 1.165) is 28.0 Å². The van der Waals surface area contributed by atoms with Gasteiger partial charge >= 0.3 is 0 Å². The predicted molar refractivity (Wildman–Crippen MR) is 113 cm³/mol. The van der Waals surface area contributed by atoms with Crippen molar-refractivity contribution < 1.29 is 4.79 Å². The fraction of sp³-hybridized carbons (Fsp3) is 0.250. The van der Waals surface area contributed by atoms with Crippen LogP contribution in [-0.4, -0.2) is 41.5 Å².